The van der Waals surface area contributed by atoms with Crippen LogP contribution < -0.4 is 0 Å². The van der Waals surface area contributed by atoms with Crippen molar-refractivity contribution in [1.29, 1.82) is 0 Å². The molecule has 20 heavy (non-hydrogen) atoms. The summed E-state index contributed by atoms with van der Waals surface area (Å²) < 4.78 is 0. The Morgan fingerprint density at radius 2 is 1.30 bits per heavy atom. The summed E-state index contributed by atoms with van der Waals surface area (Å²) in [5.41, 5.74) is 2.89. The molecule has 0 aliphatic carbocycles. The first-order chi connectivity index (χ1) is 9.70. The van der Waals surface area contributed by atoms with Crippen molar-refractivity contribution in [2.75, 3.05) is 0 Å². The molecule has 1 heterocycles. The van der Waals surface area contributed by atoms with Crippen LogP contribution in [0.1, 0.15) is 31.8 Å². The van der Waals surface area contributed by atoms with Crippen LogP contribution in [0.2, 0.25) is 0 Å². The first-order valence-electron chi connectivity index (χ1n) is 6.29. The fourth-order valence-corrected chi connectivity index (χ4v) is 2.48. The molecule has 0 saturated carbocycles. The van der Waals surface area contributed by atoms with Crippen molar-refractivity contribution in [3.05, 3.63) is 70.8 Å². The number of imide groups is 1. The summed E-state index contributed by atoms with van der Waals surface area (Å²) in [6.45, 7) is 0.287. The zero-order valence-corrected chi connectivity index (χ0v) is 11.4. The van der Waals surface area contributed by atoms with Crippen molar-refractivity contribution in [3.63, 3.8) is 0 Å². The van der Waals surface area contributed by atoms with Gasteiger partial charge in [0.15, 0.2) is 0 Å². The zero-order chi connectivity index (χ0) is 14.1. The number of alkyl halides is 1. The van der Waals surface area contributed by atoms with Crippen LogP contribution in [-0.2, 0) is 12.4 Å². The van der Waals surface area contributed by atoms with Crippen molar-refractivity contribution in [2.45, 2.75) is 12.4 Å². The SMILES string of the molecule is O=C1c2ccccc2C(=O)N1Cc1ccc(CCl)cc1. The largest absolute Gasteiger partial charge is 0.270 e. The summed E-state index contributed by atoms with van der Waals surface area (Å²) in [4.78, 5) is 25.7. The third-order valence-corrected chi connectivity index (χ3v) is 3.70. The fraction of sp³-hybridized carbons (Fsp3) is 0.125. The minimum absolute atomic E-state index is 0.230. The van der Waals surface area contributed by atoms with Crippen molar-refractivity contribution in [2.24, 2.45) is 0 Å². The monoisotopic (exact) mass is 285 g/mol. The summed E-state index contributed by atoms with van der Waals surface area (Å²) in [6, 6.07) is 14.5. The summed E-state index contributed by atoms with van der Waals surface area (Å²) in [5.74, 6) is -0.00754. The normalized spacial score (nSPS) is 13.8. The minimum atomic E-state index is -0.230. The number of hydrogen-bond acceptors (Lipinski definition) is 2. The number of fused-ring (bicyclic) bond motifs is 1. The molecule has 0 saturated heterocycles. The molecule has 0 bridgehead atoms. The molecule has 0 unspecified atom stereocenters. The number of amides is 2. The van der Waals surface area contributed by atoms with Gasteiger partial charge in [-0.15, -0.1) is 11.6 Å². The van der Waals surface area contributed by atoms with E-state index in [-0.39, 0.29) is 18.4 Å². The van der Waals surface area contributed by atoms with E-state index in [0.717, 1.165) is 11.1 Å². The molecular formula is C16H12ClNO2. The maximum atomic E-state index is 12.2. The van der Waals surface area contributed by atoms with Gasteiger partial charge in [0, 0.05) is 5.88 Å². The maximum absolute atomic E-state index is 12.2. The highest BCUT2D eigenvalue weighted by Gasteiger charge is 2.34. The van der Waals surface area contributed by atoms with Crippen LogP contribution in [0.5, 0.6) is 0 Å². The lowest BCUT2D eigenvalue weighted by atomic mass is 10.1. The molecule has 0 aromatic heterocycles. The maximum Gasteiger partial charge on any atom is 0.261 e. The summed E-state index contributed by atoms with van der Waals surface area (Å²) >= 11 is 5.74. The predicted molar refractivity (Wildman–Crippen MR) is 76.6 cm³/mol. The van der Waals surface area contributed by atoms with Crippen molar-refractivity contribution < 1.29 is 9.59 Å². The van der Waals surface area contributed by atoms with Crippen molar-refractivity contribution >= 4 is 23.4 Å². The van der Waals surface area contributed by atoms with E-state index in [9.17, 15) is 9.59 Å². The van der Waals surface area contributed by atoms with Gasteiger partial charge in [0.25, 0.3) is 11.8 Å². The highest BCUT2D eigenvalue weighted by Crippen LogP contribution is 2.24. The summed E-state index contributed by atoms with van der Waals surface area (Å²) in [5, 5.41) is 0. The Hall–Kier alpha value is -2.13. The Labute approximate surface area is 121 Å². The number of carbonyl (C=O) groups excluding carboxylic acids is 2. The fourth-order valence-electron chi connectivity index (χ4n) is 2.30. The van der Waals surface area contributed by atoms with Gasteiger partial charge in [-0.1, -0.05) is 36.4 Å². The molecule has 0 fully saturated rings. The molecule has 4 heteroatoms. The van der Waals surface area contributed by atoms with Gasteiger partial charge in [0.2, 0.25) is 0 Å². The quantitative estimate of drug-likeness (QED) is 0.641. The van der Waals surface area contributed by atoms with Crippen LogP contribution in [0.25, 0.3) is 0 Å². The second-order valence-corrected chi connectivity index (χ2v) is 4.96. The highest BCUT2D eigenvalue weighted by atomic mass is 35.5. The van der Waals surface area contributed by atoms with Gasteiger partial charge < -0.3 is 0 Å². The Morgan fingerprint density at radius 3 is 1.80 bits per heavy atom. The Kier molecular flexibility index (Phi) is 3.28. The first kappa shape index (κ1) is 12.9. The molecule has 3 rings (SSSR count). The Balaban J connectivity index is 1.85. The molecule has 1 aliphatic rings. The molecule has 2 aromatic rings. The number of benzene rings is 2. The van der Waals surface area contributed by atoms with Crippen LogP contribution >= 0.6 is 11.6 Å². The third kappa shape index (κ3) is 2.10. The van der Waals surface area contributed by atoms with Crippen LogP contribution in [0.15, 0.2) is 48.5 Å². The van der Waals surface area contributed by atoms with Gasteiger partial charge in [-0.2, -0.15) is 0 Å². The molecule has 100 valence electrons. The summed E-state index contributed by atoms with van der Waals surface area (Å²) in [6.07, 6.45) is 0. The second-order valence-electron chi connectivity index (χ2n) is 4.69. The average molecular weight is 286 g/mol. The van der Waals surface area contributed by atoms with E-state index in [1.807, 2.05) is 24.3 Å². The second kappa shape index (κ2) is 5.10. The number of nitrogens with zero attached hydrogens (tertiary/aromatic N) is 1. The van der Waals surface area contributed by atoms with Gasteiger partial charge in [-0.3, -0.25) is 14.5 Å². The smallest absolute Gasteiger partial charge is 0.261 e. The molecule has 1 aliphatic heterocycles. The van der Waals surface area contributed by atoms with E-state index >= 15 is 0 Å². The van der Waals surface area contributed by atoms with Crippen LogP contribution in [0.4, 0.5) is 0 Å². The number of rotatable bonds is 3. The van der Waals surface area contributed by atoms with Gasteiger partial charge in [0.05, 0.1) is 17.7 Å². The molecule has 2 amide bonds. The zero-order valence-electron chi connectivity index (χ0n) is 10.7. The Morgan fingerprint density at radius 1 is 0.800 bits per heavy atom. The first-order valence-corrected chi connectivity index (χ1v) is 6.83. The van der Waals surface area contributed by atoms with Crippen LogP contribution in [0.3, 0.4) is 0 Å². The van der Waals surface area contributed by atoms with E-state index < -0.39 is 0 Å². The van der Waals surface area contributed by atoms with Gasteiger partial charge in [0.1, 0.15) is 0 Å². The molecule has 0 spiro atoms. The number of carbonyl (C=O) groups is 2. The highest BCUT2D eigenvalue weighted by molar-refractivity contribution is 6.21. The molecule has 0 atom stereocenters. The van der Waals surface area contributed by atoms with Crippen molar-refractivity contribution in [1.82, 2.24) is 4.90 Å². The third-order valence-electron chi connectivity index (χ3n) is 3.40. The van der Waals surface area contributed by atoms with E-state index in [1.54, 1.807) is 24.3 Å². The minimum Gasteiger partial charge on any atom is -0.270 e. The predicted octanol–water partition coefficient (Wildman–Crippen LogP) is 3.22. The topological polar surface area (TPSA) is 37.4 Å². The summed E-state index contributed by atoms with van der Waals surface area (Å²) in [7, 11) is 0. The van der Waals surface area contributed by atoms with E-state index in [1.165, 1.54) is 4.90 Å². The van der Waals surface area contributed by atoms with Crippen LogP contribution in [0, 0.1) is 0 Å². The molecule has 0 N–H and O–H groups in total. The standard InChI is InChI=1S/C16H12ClNO2/c17-9-11-5-7-12(8-6-11)10-18-15(19)13-3-1-2-4-14(13)16(18)20/h1-8H,9-10H2. The van der Waals surface area contributed by atoms with Gasteiger partial charge in [-0.25, -0.2) is 0 Å². The van der Waals surface area contributed by atoms with E-state index in [4.69, 9.17) is 11.6 Å². The lowest BCUT2D eigenvalue weighted by Gasteiger charge is -2.14. The molecule has 2 aromatic carbocycles. The van der Waals surface area contributed by atoms with Gasteiger partial charge >= 0.3 is 0 Å². The lowest BCUT2D eigenvalue weighted by molar-refractivity contribution is 0.0642. The van der Waals surface area contributed by atoms with Crippen LogP contribution in [-0.4, -0.2) is 16.7 Å². The molecule has 3 nitrogen and oxygen atoms in total. The average Bonchev–Trinajstić information content (AvgIpc) is 2.74. The number of hydrogen-bond donors (Lipinski definition) is 0. The van der Waals surface area contributed by atoms with Gasteiger partial charge in [-0.05, 0) is 23.3 Å². The lowest BCUT2D eigenvalue weighted by Crippen LogP contribution is -2.29. The van der Waals surface area contributed by atoms with E-state index in [0.29, 0.717) is 17.0 Å². The van der Waals surface area contributed by atoms with Crippen molar-refractivity contribution in [3.8, 4) is 0 Å². The molecular weight excluding hydrogens is 274 g/mol. The number of halogens is 1. The molecule has 0 radical (unpaired) electrons. The Bertz CT molecular complexity index is 644. The van der Waals surface area contributed by atoms with E-state index in [2.05, 4.69) is 0 Å².